The first-order valence-corrected chi connectivity index (χ1v) is 9.64. The lowest BCUT2D eigenvalue weighted by molar-refractivity contribution is 0.103. The summed E-state index contributed by atoms with van der Waals surface area (Å²) in [4.78, 5) is 30.7. The van der Waals surface area contributed by atoms with E-state index in [1.165, 1.54) is 22.2 Å². The molecule has 3 rings (SSSR count). The number of thiophene rings is 1. The number of aryl methyl sites for hydroxylation is 3. The molecule has 0 aliphatic heterocycles. The molecule has 0 aliphatic carbocycles. The topological polar surface area (TPSA) is 64.0 Å². The van der Waals surface area contributed by atoms with Crippen LogP contribution in [-0.4, -0.2) is 15.5 Å². The quantitative estimate of drug-likeness (QED) is 0.722. The Morgan fingerprint density at radius 3 is 2.69 bits per heavy atom. The van der Waals surface area contributed by atoms with Crippen LogP contribution < -0.4 is 10.9 Å². The van der Waals surface area contributed by atoms with Gasteiger partial charge in [0.05, 0.1) is 16.6 Å². The fourth-order valence-electron chi connectivity index (χ4n) is 3.06. The number of rotatable bonds is 4. The smallest absolute Gasteiger partial charge is 0.266 e. The van der Waals surface area contributed by atoms with Crippen molar-refractivity contribution in [3.63, 3.8) is 0 Å². The van der Waals surface area contributed by atoms with Crippen molar-refractivity contribution in [2.45, 2.75) is 33.6 Å². The van der Waals surface area contributed by atoms with Gasteiger partial charge >= 0.3 is 0 Å². The van der Waals surface area contributed by atoms with Gasteiger partial charge in [-0.2, -0.15) is 0 Å². The summed E-state index contributed by atoms with van der Waals surface area (Å²) in [7, 11) is 1.65. The average molecular weight is 390 g/mol. The number of benzene rings is 1. The van der Waals surface area contributed by atoms with Crippen molar-refractivity contribution < 1.29 is 4.79 Å². The maximum absolute atomic E-state index is 13.0. The molecular formula is C19H20ClN3O2S. The number of hydrogen-bond donors (Lipinski definition) is 1. The van der Waals surface area contributed by atoms with Crippen LogP contribution in [0.3, 0.4) is 0 Å². The number of carbonyl (C=O) groups excluding carboxylic acids is 1. The third-order valence-electron chi connectivity index (χ3n) is 4.53. The van der Waals surface area contributed by atoms with Crippen LogP contribution in [0, 0.1) is 6.92 Å². The summed E-state index contributed by atoms with van der Waals surface area (Å²) >= 11 is 7.55. The van der Waals surface area contributed by atoms with E-state index in [4.69, 9.17) is 11.6 Å². The molecule has 0 aliphatic rings. The second-order valence-electron chi connectivity index (χ2n) is 6.12. The average Bonchev–Trinajstić information content (AvgIpc) is 2.96. The van der Waals surface area contributed by atoms with Gasteiger partial charge in [-0.15, -0.1) is 11.3 Å². The number of halogens is 1. The molecule has 1 N–H and O–H groups in total. The first-order chi connectivity index (χ1) is 12.4. The number of nitrogens with one attached hydrogen (secondary N) is 1. The van der Waals surface area contributed by atoms with Crippen LogP contribution >= 0.6 is 22.9 Å². The molecule has 0 spiro atoms. The Hall–Kier alpha value is -2.18. The molecule has 1 amide bonds. The Labute approximate surface area is 160 Å². The second-order valence-corrected chi connectivity index (χ2v) is 7.52. The third kappa shape index (κ3) is 3.04. The SMILES string of the molecule is CCc1ccc(Cl)c(CC)c1NC(=O)c1sc2ncn(C)c(=O)c2c1C. The highest BCUT2D eigenvalue weighted by molar-refractivity contribution is 7.20. The van der Waals surface area contributed by atoms with Gasteiger partial charge in [0.25, 0.3) is 11.5 Å². The maximum Gasteiger partial charge on any atom is 0.266 e. The molecule has 136 valence electrons. The van der Waals surface area contributed by atoms with Crippen LogP contribution in [0.2, 0.25) is 5.02 Å². The lowest BCUT2D eigenvalue weighted by Gasteiger charge is -2.15. The molecular weight excluding hydrogens is 370 g/mol. The van der Waals surface area contributed by atoms with Crippen LogP contribution in [0.4, 0.5) is 5.69 Å². The van der Waals surface area contributed by atoms with Crippen molar-refractivity contribution in [1.29, 1.82) is 0 Å². The van der Waals surface area contributed by atoms with E-state index in [0.29, 0.717) is 25.7 Å². The van der Waals surface area contributed by atoms with Crippen LogP contribution in [0.5, 0.6) is 0 Å². The molecule has 0 radical (unpaired) electrons. The zero-order chi connectivity index (χ0) is 19.0. The van der Waals surface area contributed by atoms with Gasteiger partial charge in [-0.25, -0.2) is 4.98 Å². The molecule has 3 aromatic rings. The van der Waals surface area contributed by atoms with Crippen molar-refractivity contribution in [2.75, 3.05) is 5.32 Å². The fraction of sp³-hybridized carbons (Fsp3) is 0.316. The number of anilines is 1. The highest BCUT2D eigenvalue weighted by Crippen LogP contribution is 2.32. The first kappa shape index (κ1) is 18.6. The standard InChI is InChI=1S/C19H20ClN3O2S/c1-5-11-7-8-13(20)12(6-2)15(11)22-17(24)16-10(3)14-18(26-16)21-9-23(4)19(14)25/h7-9H,5-6H2,1-4H3,(H,22,24). The molecule has 2 heterocycles. The number of nitrogens with zero attached hydrogens (tertiary/aromatic N) is 2. The number of fused-ring (bicyclic) bond motifs is 1. The lowest BCUT2D eigenvalue weighted by atomic mass is 10.0. The number of amides is 1. The summed E-state index contributed by atoms with van der Waals surface area (Å²) in [5, 5.41) is 4.17. The van der Waals surface area contributed by atoms with Gasteiger partial charge in [0.1, 0.15) is 4.83 Å². The molecule has 2 aromatic heterocycles. The van der Waals surface area contributed by atoms with Gasteiger partial charge in [0.15, 0.2) is 0 Å². The monoisotopic (exact) mass is 389 g/mol. The minimum atomic E-state index is -0.237. The molecule has 0 atom stereocenters. The molecule has 26 heavy (non-hydrogen) atoms. The zero-order valence-electron chi connectivity index (χ0n) is 15.1. The van der Waals surface area contributed by atoms with E-state index in [0.717, 1.165) is 29.7 Å². The molecule has 0 saturated carbocycles. The largest absolute Gasteiger partial charge is 0.321 e. The summed E-state index contributed by atoms with van der Waals surface area (Å²) in [6.07, 6.45) is 2.98. The number of aromatic nitrogens is 2. The van der Waals surface area contributed by atoms with Gasteiger partial charge in [0.2, 0.25) is 0 Å². The zero-order valence-corrected chi connectivity index (χ0v) is 16.7. The summed E-state index contributed by atoms with van der Waals surface area (Å²) in [6.45, 7) is 5.83. The molecule has 0 unspecified atom stereocenters. The number of carbonyl (C=O) groups is 1. The fourth-order valence-corrected chi connectivity index (χ4v) is 4.39. The maximum atomic E-state index is 13.0. The minimum absolute atomic E-state index is 0.144. The summed E-state index contributed by atoms with van der Waals surface area (Å²) in [6, 6.07) is 3.80. The molecule has 1 aromatic carbocycles. The Bertz CT molecular complexity index is 1070. The summed E-state index contributed by atoms with van der Waals surface area (Å²) in [5.74, 6) is -0.237. The predicted molar refractivity (Wildman–Crippen MR) is 108 cm³/mol. The van der Waals surface area contributed by atoms with E-state index < -0.39 is 0 Å². The van der Waals surface area contributed by atoms with Gasteiger partial charge in [-0.05, 0) is 42.5 Å². The van der Waals surface area contributed by atoms with Gasteiger partial charge in [0, 0.05) is 17.8 Å². The summed E-state index contributed by atoms with van der Waals surface area (Å²) < 4.78 is 1.42. The van der Waals surface area contributed by atoms with E-state index in [-0.39, 0.29) is 11.5 Å². The number of hydrogen-bond acceptors (Lipinski definition) is 4. The van der Waals surface area contributed by atoms with Crippen molar-refractivity contribution in [1.82, 2.24) is 9.55 Å². The van der Waals surface area contributed by atoms with Crippen molar-refractivity contribution in [3.8, 4) is 0 Å². The van der Waals surface area contributed by atoms with Crippen LogP contribution in [0.1, 0.15) is 40.2 Å². The minimum Gasteiger partial charge on any atom is -0.321 e. The molecule has 0 fully saturated rings. The summed E-state index contributed by atoms with van der Waals surface area (Å²) in [5.41, 5.74) is 3.24. The highest BCUT2D eigenvalue weighted by atomic mass is 35.5. The Morgan fingerprint density at radius 2 is 2.04 bits per heavy atom. The van der Waals surface area contributed by atoms with E-state index in [2.05, 4.69) is 10.3 Å². The first-order valence-electron chi connectivity index (χ1n) is 8.45. The highest BCUT2D eigenvalue weighted by Gasteiger charge is 2.21. The van der Waals surface area contributed by atoms with E-state index >= 15 is 0 Å². The van der Waals surface area contributed by atoms with Crippen LogP contribution in [0.25, 0.3) is 10.2 Å². The van der Waals surface area contributed by atoms with E-state index in [1.807, 2.05) is 26.0 Å². The van der Waals surface area contributed by atoms with Gasteiger partial charge in [-0.1, -0.05) is 31.5 Å². The predicted octanol–water partition coefficient (Wildman–Crippen LogP) is 4.33. The van der Waals surface area contributed by atoms with E-state index in [9.17, 15) is 9.59 Å². The van der Waals surface area contributed by atoms with Gasteiger partial charge < -0.3 is 9.88 Å². The lowest BCUT2D eigenvalue weighted by Crippen LogP contribution is -2.17. The molecule has 5 nitrogen and oxygen atoms in total. The van der Waals surface area contributed by atoms with E-state index in [1.54, 1.807) is 14.0 Å². The van der Waals surface area contributed by atoms with Gasteiger partial charge in [-0.3, -0.25) is 9.59 Å². The molecule has 0 saturated heterocycles. The third-order valence-corrected chi connectivity index (χ3v) is 6.08. The Kier molecular flexibility index (Phi) is 5.16. The van der Waals surface area contributed by atoms with Crippen LogP contribution in [0.15, 0.2) is 23.3 Å². The molecule has 0 bridgehead atoms. The Balaban J connectivity index is 2.09. The Morgan fingerprint density at radius 1 is 1.31 bits per heavy atom. The van der Waals surface area contributed by atoms with Crippen molar-refractivity contribution in [3.05, 3.63) is 55.4 Å². The van der Waals surface area contributed by atoms with Crippen molar-refractivity contribution in [2.24, 2.45) is 7.05 Å². The van der Waals surface area contributed by atoms with Crippen molar-refractivity contribution >= 4 is 44.7 Å². The second kappa shape index (κ2) is 7.21. The molecule has 7 heteroatoms. The normalized spacial score (nSPS) is 11.1. The van der Waals surface area contributed by atoms with Crippen LogP contribution in [-0.2, 0) is 19.9 Å².